The molecule has 2 aromatic heterocycles. The van der Waals surface area contributed by atoms with Crippen molar-refractivity contribution in [1.82, 2.24) is 9.55 Å². The zero-order valence-electron chi connectivity index (χ0n) is 17.1. The third kappa shape index (κ3) is 4.81. The Labute approximate surface area is 187 Å². The highest BCUT2D eigenvalue weighted by Crippen LogP contribution is 2.24. The molecule has 158 valence electrons. The number of rotatable bonds is 7. The van der Waals surface area contributed by atoms with Crippen LogP contribution in [0.5, 0.6) is 5.75 Å². The number of nitrogens with one attached hydrogen (secondary N) is 1. The number of aromatic nitrogens is 2. The minimum atomic E-state index is -0.176. The van der Waals surface area contributed by atoms with Gasteiger partial charge in [-0.15, -0.1) is 11.3 Å². The van der Waals surface area contributed by atoms with Gasteiger partial charge in [0, 0.05) is 5.69 Å². The average molecular weight is 452 g/mol. The molecule has 8 heteroatoms. The lowest BCUT2D eigenvalue weighted by atomic mass is 10.2. The van der Waals surface area contributed by atoms with Gasteiger partial charge in [0.05, 0.1) is 23.6 Å². The number of fused-ring (bicyclic) bond motifs is 1. The third-order valence-corrected chi connectivity index (χ3v) is 6.32. The molecule has 1 amide bonds. The largest absolute Gasteiger partial charge is 0.494 e. The first kappa shape index (κ1) is 21.1. The van der Waals surface area contributed by atoms with Crippen molar-refractivity contribution >= 4 is 44.9 Å². The molecule has 0 atom stereocenters. The van der Waals surface area contributed by atoms with Crippen LogP contribution in [0.15, 0.2) is 69.9 Å². The van der Waals surface area contributed by atoms with Gasteiger partial charge in [-0.05, 0) is 67.3 Å². The second-order valence-corrected chi connectivity index (χ2v) is 8.66. The van der Waals surface area contributed by atoms with Gasteiger partial charge in [-0.25, -0.2) is 4.98 Å². The van der Waals surface area contributed by atoms with Crippen molar-refractivity contribution in [3.05, 3.63) is 75.9 Å². The smallest absolute Gasteiger partial charge is 0.276 e. The Morgan fingerprint density at radius 1 is 1.19 bits per heavy atom. The first-order valence-electron chi connectivity index (χ1n) is 9.78. The van der Waals surface area contributed by atoms with E-state index in [1.807, 2.05) is 61.7 Å². The van der Waals surface area contributed by atoms with E-state index in [0.29, 0.717) is 27.7 Å². The Kier molecular flexibility index (Phi) is 6.39. The number of hydrogen-bond donors (Lipinski definition) is 1. The second kappa shape index (κ2) is 9.36. The standard InChI is InChI=1S/C23H21N3O3S2/c1-3-29-18-9-7-16(8-10-18)24-20(27)14-31-23-25-19-11-12-30-21(19)22(28)26(23)17-6-4-5-15(2)13-17/h4-13H,3,14H2,1-2H3,(H,24,27). The predicted octanol–water partition coefficient (Wildman–Crippen LogP) is 4.89. The maximum absolute atomic E-state index is 13.2. The Morgan fingerprint density at radius 3 is 2.74 bits per heavy atom. The van der Waals surface area contributed by atoms with Crippen molar-refractivity contribution in [3.63, 3.8) is 0 Å². The van der Waals surface area contributed by atoms with E-state index in [1.165, 1.54) is 23.1 Å². The molecule has 0 bridgehead atoms. The predicted molar refractivity (Wildman–Crippen MR) is 127 cm³/mol. The van der Waals surface area contributed by atoms with Crippen LogP contribution < -0.4 is 15.6 Å². The minimum absolute atomic E-state index is 0.125. The molecule has 0 saturated carbocycles. The molecular formula is C23H21N3O3S2. The number of anilines is 1. The summed E-state index contributed by atoms with van der Waals surface area (Å²) in [6.07, 6.45) is 0. The molecule has 4 rings (SSSR count). The first-order chi connectivity index (χ1) is 15.0. The summed E-state index contributed by atoms with van der Waals surface area (Å²) < 4.78 is 7.60. The van der Waals surface area contributed by atoms with Crippen LogP contribution >= 0.6 is 23.1 Å². The lowest BCUT2D eigenvalue weighted by Crippen LogP contribution is -2.22. The van der Waals surface area contributed by atoms with Gasteiger partial charge < -0.3 is 10.1 Å². The summed E-state index contributed by atoms with van der Waals surface area (Å²) in [4.78, 5) is 30.3. The van der Waals surface area contributed by atoms with Gasteiger partial charge in [0.25, 0.3) is 5.56 Å². The number of amides is 1. The van der Waals surface area contributed by atoms with E-state index in [2.05, 4.69) is 10.3 Å². The second-order valence-electron chi connectivity index (χ2n) is 6.80. The third-order valence-electron chi connectivity index (χ3n) is 4.49. The van der Waals surface area contributed by atoms with Gasteiger partial charge in [-0.3, -0.25) is 14.2 Å². The summed E-state index contributed by atoms with van der Waals surface area (Å²) in [6.45, 7) is 4.49. The van der Waals surface area contributed by atoms with E-state index in [0.717, 1.165) is 17.0 Å². The molecule has 0 unspecified atom stereocenters. The van der Waals surface area contributed by atoms with Crippen LogP contribution in [-0.4, -0.2) is 27.8 Å². The topological polar surface area (TPSA) is 73.2 Å². The SMILES string of the molecule is CCOc1ccc(NC(=O)CSc2nc3ccsc3c(=O)n2-c2cccc(C)c2)cc1. The summed E-state index contributed by atoms with van der Waals surface area (Å²) in [5, 5.41) is 5.21. The van der Waals surface area contributed by atoms with Crippen LogP contribution in [-0.2, 0) is 4.79 Å². The molecule has 0 aliphatic carbocycles. The first-order valence-corrected chi connectivity index (χ1v) is 11.6. The van der Waals surface area contributed by atoms with Crippen LogP contribution in [0.4, 0.5) is 5.69 Å². The van der Waals surface area contributed by atoms with Gasteiger partial charge in [0.1, 0.15) is 10.4 Å². The Bertz CT molecular complexity index is 1280. The summed E-state index contributed by atoms with van der Waals surface area (Å²) in [6, 6.07) is 16.7. The van der Waals surface area contributed by atoms with Crippen LogP contribution in [0.3, 0.4) is 0 Å². The summed E-state index contributed by atoms with van der Waals surface area (Å²) >= 11 is 2.61. The summed E-state index contributed by atoms with van der Waals surface area (Å²) in [7, 11) is 0. The summed E-state index contributed by atoms with van der Waals surface area (Å²) in [5.41, 5.74) is 2.99. The van der Waals surface area contributed by atoms with Crippen LogP contribution in [0, 0.1) is 6.92 Å². The number of hydrogen-bond acceptors (Lipinski definition) is 6. The van der Waals surface area contributed by atoms with E-state index in [4.69, 9.17) is 4.74 Å². The number of thiophene rings is 1. The Hall–Kier alpha value is -3.10. The van der Waals surface area contributed by atoms with Crippen molar-refractivity contribution in [3.8, 4) is 11.4 Å². The highest BCUT2D eigenvalue weighted by Gasteiger charge is 2.16. The molecule has 0 saturated heterocycles. The molecule has 2 aromatic carbocycles. The van der Waals surface area contributed by atoms with E-state index in [1.54, 1.807) is 16.7 Å². The van der Waals surface area contributed by atoms with Gasteiger partial charge in [-0.2, -0.15) is 0 Å². The molecule has 0 aliphatic heterocycles. The van der Waals surface area contributed by atoms with Crippen molar-refractivity contribution in [1.29, 1.82) is 0 Å². The van der Waals surface area contributed by atoms with Crippen LogP contribution in [0.25, 0.3) is 15.9 Å². The average Bonchev–Trinajstić information content (AvgIpc) is 3.23. The quantitative estimate of drug-likeness (QED) is 0.320. The molecule has 31 heavy (non-hydrogen) atoms. The van der Waals surface area contributed by atoms with E-state index in [9.17, 15) is 9.59 Å². The molecule has 0 spiro atoms. The van der Waals surface area contributed by atoms with Crippen molar-refractivity contribution < 1.29 is 9.53 Å². The molecule has 0 aliphatic rings. The van der Waals surface area contributed by atoms with E-state index < -0.39 is 0 Å². The number of nitrogens with zero attached hydrogens (tertiary/aromatic N) is 2. The molecule has 4 aromatic rings. The maximum Gasteiger partial charge on any atom is 0.276 e. The van der Waals surface area contributed by atoms with Gasteiger partial charge in [0.15, 0.2) is 5.16 Å². The van der Waals surface area contributed by atoms with Gasteiger partial charge >= 0.3 is 0 Å². The fourth-order valence-corrected chi connectivity index (χ4v) is 4.68. The molecule has 0 fully saturated rings. The lowest BCUT2D eigenvalue weighted by Gasteiger charge is -2.13. The number of benzene rings is 2. The number of aryl methyl sites for hydroxylation is 1. The van der Waals surface area contributed by atoms with Gasteiger partial charge in [-0.1, -0.05) is 23.9 Å². The number of carbonyl (C=O) groups is 1. The Morgan fingerprint density at radius 2 is 2.00 bits per heavy atom. The molecule has 6 nitrogen and oxygen atoms in total. The summed E-state index contributed by atoms with van der Waals surface area (Å²) in [5.74, 6) is 0.705. The van der Waals surface area contributed by atoms with E-state index in [-0.39, 0.29) is 17.2 Å². The number of thioether (sulfide) groups is 1. The minimum Gasteiger partial charge on any atom is -0.494 e. The zero-order chi connectivity index (χ0) is 21.8. The fraction of sp³-hybridized carbons (Fsp3) is 0.174. The molecular weight excluding hydrogens is 430 g/mol. The van der Waals surface area contributed by atoms with Gasteiger partial charge in [0.2, 0.25) is 5.91 Å². The van der Waals surface area contributed by atoms with E-state index >= 15 is 0 Å². The fourth-order valence-electron chi connectivity index (χ4n) is 3.11. The molecule has 2 heterocycles. The number of ether oxygens (including phenoxy) is 1. The Balaban J connectivity index is 1.57. The van der Waals surface area contributed by atoms with Crippen molar-refractivity contribution in [2.24, 2.45) is 0 Å². The zero-order valence-corrected chi connectivity index (χ0v) is 18.8. The number of carbonyl (C=O) groups excluding carboxylic acids is 1. The normalized spacial score (nSPS) is 10.9. The van der Waals surface area contributed by atoms with Crippen LogP contribution in [0.2, 0.25) is 0 Å². The highest BCUT2D eigenvalue weighted by atomic mass is 32.2. The monoisotopic (exact) mass is 451 g/mol. The highest BCUT2D eigenvalue weighted by molar-refractivity contribution is 7.99. The van der Waals surface area contributed by atoms with Crippen LogP contribution in [0.1, 0.15) is 12.5 Å². The molecule has 1 N–H and O–H groups in total. The molecule has 0 radical (unpaired) electrons. The lowest BCUT2D eigenvalue weighted by molar-refractivity contribution is -0.113. The maximum atomic E-state index is 13.2. The van der Waals surface area contributed by atoms with Crippen molar-refractivity contribution in [2.45, 2.75) is 19.0 Å². The van der Waals surface area contributed by atoms with Crippen molar-refractivity contribution in [2.75, 3.05) is 17.7 Å².